The molecule has 0 aromatic heterocycles. The van der Waals surface area contributed by atoms with E-state index in [-0.39, 0.29) is 22.1 Å². The van der Waals surface area contributed by atoms with Crippen molar-refractivity contribution in [3.05, 3.63) is 74.8 Å². The Bertz CT molecular complexity index is 1140. The second-order valence-corrected chi connectivity index (χ2v) is 8.95. The molecular weight excluding hydrogens is 598 g/mol. The van der Waals surface area contributed by atoms with Crippen molar-refractivity contribution in [2.45, 2.75) is 30.2 Å². The molecule has 0 fully saturated rings. The van der Waals surface area contributed by atoms with Gasteiger partial charge in [0.1, 0.15) is 21.2 Å². The number of benzene rings is 2. The van der Waals surface area contributed by atoms with Gasteiger partial charge in [-0.2, -0.15) is 13.2 Å². The van der Waals surface area contributed by atoms with Gasteiger partial charge >= 0.3 is 18.1 Å². The van der Waals surface area contributed by atoms with Crippen LogP contribution < -0.4 is 4.74 Å². The Morgan fingerprint density at radius 1 is 1.18 bits per heavy atom. The summed E-state index contributed by atoms with van der Waals surface area (Å²) in [5.74, 6) is -2.52. The number of hydrogen-bond acceptors (Lipinski definition) is 7. The molecule has 0 bridgehead atoms. The van der Waals surface area contributed by atoms with Gasteiger partial charge in [0.15, 0.2) is 0 Å². The zero-order valence-corrected chi connectivity index (χ0v) is 20.4. The molecule has 2 rings (SSSR count). The van der Waals surface area contributed by atoms with Crippen molar-refractivity contribution in [3.63, 3.8) is 0 Å². The van der Waals surface area contributed by atoms with E-state index < -0.39 is 50.1 Å². The molecule has 0 spiro atoms. The summed E-state index contributed by atoms with van der Waals surface area (Å²) in [6.45, 7) is 6.53. The molecule has 0 aliphatic carbocycles. The number of alkyl halides is 4. The molecule has 8 nitrogen and oxygen atoms in total. The van der Waals surface area contributed by atoms with Crippen molar-refractivity contribution < 1.29 is 41.9 Å². The summed E-state index contributed by atoms with van der Waals surface area (Å²) in [5.41, 5.74) is -2.13. The molecule has 13 heteroatoms. The van der Waals surface area contributed by atoms with E-state index in [1.54, 1.807) is 29.5 Å². The third kappa shape index (κ3) is 7.06. The number of hydrogen-bond donors (Lipinski definition) is 0. The standard InChI is InChI=1S/C21H16ClF3INO7/c1-10(2)18(20(29)32-11(3)26)34-19(28)14-9-13(5-6-16(14)27(30)31)33-17-7-4-12(8-15(17)22)21(23,24)25/h4-9,11,18H,1H2,2-3H3. The maximum Gasteiger partial charge on any atom is 0.416 e. The van der Waals surface area contributed by atoms with Crippen molar-refractivity contribution in [2.75, 3.05) is 0 Å². The van der Waals surface area contributed by atoms with Gasteiger partial charge in [-0.3, -0.25) is 10.1 Å². The van der Waals surface area contributed by atoms with Crippen molar-refractivity contribution in [3.8, 4) is 11.5 Å². The second kappa shape index (κ2) is 11.0. The van der Waals surface area contributed by atoms with E-state index in [4.69, 9.17) is 25.8 Å². The molecule has 0 saturated carbocycles. The van der Waals surface area contributed by atoms with Crippen LogP contribution in [0, 0.1) is 10.1 Å². The van der Waals surface area contributed by atoms with Gasteiger partial charge in [0.05, 0.1) is 15.5 Å². The molecule has 34 heavy (non-hydrogen) atoms. The van der Waals surface area contributed by atoms with Crippen LogP contribution in [0.15, 0.2) is 48.6 Å². The van der Waals surface area contributed by atoms with E-state index in [0.29, 0.717) is 6.07 Å². The summed E-state index contributed by atoms with van der Waals surface area (Å²) < 4.78 is 53.4. The third-order valence-corrected chi connectivity index (χ3v) is 4.59. The number of nitro benzene ring substituents is 1. The fourth-order valence-corrected chi connectivity index (χ4v) is 3.00. The van der Waals surface area contributed by atoms with Gasteiger partial charge in [0, 0.05) is 12.1 Å². The molecule has 0 heterocycles. The molecule has 2 unspecified atom stereocenters. The molecule has 0 aliphatic heterocycles. The highest BCUT2D eigenvalue weighted by atomic mass is 127. The molecule has 0 amide bonds. The first-order chi connectivity index (χ1) is 15.7. The van der Waals surface area contributed by atoms with Crippen molar-refractivity contribution in [1.82, 2.24) is 0 Å². The lowest BCUT2D eigenvalue weighted by molar-refractivity contribution is -0.385. The van der Waals surface area contributed by atoms with E-state index in [0.717, 1.165) is 30.3 Å². The largest absolute Gasteiger partial charge is 0.456 e. The van der Waals surface area contributed by atoms with Crippen LogP contribution in [0.4, 0.5) is 18.9 Å². The minimum absolute atomic E-state index is 0.113. The van der Waals surface area contributed by atoms with Gasteiger partial charge in [-0.25, -0.2) is 9.59 Å². The van der Waals surface area contributed by atoms with Crippen LogP contribution >= 0.6 is 34.2 Å². The highest BCUT2D eigenvalue weighted by molar-refractivity contribution is 14.1. The van der Waals surface area contributed by atoms with Gasteiger partial charge in [0.25, 0.3) is 5.69 Å². The first kappa shape index (κ1) is 27.4. The van der Waals surface area contributed by atoms with Crippen LogP contribution in [-0.2, 0) is 20.4 Å². The number of ether oxygens (including phenoxy) is 3. The summed E-state index contributed by atoms with van der Waals surface area (Å²) in [5, 5.41) is 11.0. The predicted molar refractivity (Wildman–Crippen MR) is 123 cm³/mol. The second-order valence-electron chi connectivity index (χ2n) is 6.79. The summed E-state index contributed by atoms with van der Waals surface area (Å²) >= 11 is 7.67. The zero-order chi connectivity index (χ0) is 25.8. The predicted octanol–water partition coefficient (Wildman–Crippen LogP) is 6.49. The van der Waals surface area contributed by atoms with Crippen molar-refractivity contribution in [2.24, 2.45) is 0 Å². The summed E-state index contributed by atoms with van der Waals surface area (Å²) in [6.07, 6.45) is -6.15. The molecule has 0 aliphatic rings. The van der Waals surface area contributed by atoms with Gasteiger partial charge in [0.2, 0.25) is 6.10 Å². The fraction of sp³-hybridized carbons (Fsp3) is 0.238. The Labute approximate surface area is 209 Å². The average molecular weight is 614 g/mol. The minimum Gasteiger partial charge on any atom is -0.456 e. The molecule has 0 N–H and O–H groups in total. The lowest BCUT2D eigenvalue weighted by atomic mass is 10.1. The van der Waals surface area contributed by atoms with Crippen molar-refractivity contribution in [1.29, 1.82) is 0 Å². The topological polar surface area (TPSA) is 105 Å². The average Bonchev–Trinajstić information content (AvgIpc) is 2.71. The van der Waals surface area contributed by atoms with Gasteiger partial charge < -0.3 is 14.2 Å². The highest BCUT2D eigenvalue weighted by Gasteiger charge is 2.32. The molecule has 0 saturated heterocycles. The van der Waals surface area contributed by atoms with Crippen LogP contribution in [0.2, 0.25) is 5.02 Å². The number of esters is 2. The van der Waals surface area contributed by atoms with Crippen LogP contribution in [0.3, 0.4) is 0 Å². The number of carbonyl (C=O) groups is 2. The number of nitrogens with zero attached hydrogens (tertiary/aromatic N) is 1. The lowest BCUT2D eigenvalue weighted by Gasteiger charge is -2.18. The summed E-state index contributed by atoms with van der Waals surface area (Å²) in [7, 11) is 0. The van der Waals surface area contributed by atoms with E-state index in [9.17, 15) is 32.9 Å². The summed E-state index contributed by atoms with van der Waals surface area (Å²) in [4.78, 5) is 35.5. The number of rotatable bonds is 8. The van der Waals surface area contributed by atoms with Crippen LogP contribution in [0.5, 0.6) is 11.5 Å². The monoisotopic (exact) mass is 613 g/mol. The highest BCUT2D eigenvalue weighted by Crippen LogP contribution is 2.37. The molecule has 182 valence electrons. The Morgan fingerprint density at radius 2 is 1.82 bits per heavy atom. The fourth-order valence-electron chi connectivity index (χ4n) is 2.53. The first-order valence-electron chi connectivity index (χ1n) is 9.24. The van der Waals surface area contributed by atoms with E-state index in [1.807, 2.05) is 0 Å². The molecule has 0 radical (unpaired) electrons. The van der Waals surface area contributed by atoms with Gasteiger partial charge in [-0.1, -0.05) is 18.2 Å². The van der Waals surface area contributed by atoms with E-state index >= 15 is 0 Å². The smallest absolute Gasteiger partial charge is 0.416 e. The third-order valence-electron chi connectivity index (χ3n) is 4.04. The quantitative estimate of drug-likeness (QED) is 0.0838. The lowest BCUT2D eigenvalue weighted by Crippen LogP contribution is -2.31. The first-order valence-corrected chi connectivity index (χ1v) is 10.9. The molecule has 2 aromatic carbocycles. The SMILES string of the molecule is C=C(C)C(OC(=O)c1cc(Oc2ccc(C(F)(F)F)cc2Cl)ccc1[N+](=O)[O-])C(=O)OC(C)I. The minimum atomic E-state index is -4.62. The number of halogens is 5. The maximum absolute atomic E-state index is 12.8. The molecule has 2 atom stereocenters. The maximum atomic E-state index is 12.8. The van der Waals surface area contributed by atoms with Crippen molar-refractivity contribution >= 4 is 51.8 Å². The Balaban J connectivity index is 2.38. The number of nitro groups is 1. The van der Waals surface area contributed by atoms with Crippen LogP contribution in [0.1, 0.15) is 29.8 Å². The number of carbonyl (C=O) groups excluding carboxylic acids is 2. The van der Waals surface area contributed by atoms with E-state index in [2.05, 4.69) is 6.58 Å². The van der Waals surface area contributed by atoms with Gasteiger partial charge in [-0.15, -0.1) is 0 Å². The van der Waals surface area contributed by atoms with Gasteiger partial charge in [-0.05, 0) is 66.3 Å². The van der Waals surface area contributed by atoms with Crippen LogP contribution in [0.25, 0.3) is 0 Å². The van der Waals surface area contributed by atoms with Crippen LogP contribution in [-0.4, -0.2) is 27.1 Å². The summed E-state index contributed by atoms with van der Waals surface area (Å²) in [6, 6.07) is 5.34. The Kier molecular flexibility index (Phi) is 8.89. The Hall–Kier alpha value is -2.87. The van der Waals surface area contributed by atoms with E-state index in [1.165, 1.54) is 6.92 Å². The molecular formula is C21H16ClF3INO7. The Morgan fingerprint density at radius 3 is 2.32 bits per heavy atom. The zero-order valence-electron chi connectivity index (χ0n) is 17.5. The normalized spacial score (nSPS) is 12.9. The molecule has 2 aromatic rings.